The van der Waals surface area contributed by atoms with E-state index in [-0.39, 0.29) is 5.82 Å². The van der Waals surface area contributed by atoms with Crippen LogP contribution in [0.4, 0.5) is 10.1 Å². The number of piperidine rings is 1. The van der Waals surface area contributed by atoms with Crippen molar-refractivity contribution >= 4 is 5.69 Å². The minimum atomic E-state index is -0.196. The molecular weight excluding hydrogens is 315 g/mol. The number of hydrogen-bond donors (Lipinski definition) is 1. The van der Waals surface area contributed by atoms with E-state index in [9.17, 15) is 4.39 Å². The number of ether oxygens (including phenoxy) is 1. The normalized spacial score (nSPS) is 16.8. The number of halogens is 1. The number of hydrogen-bond acceptors (Lipinski definition) is 3. The number of anilines is 1. The number of nitrogens with one attached hydrogen (secondary N) is 1. The molecular formula is C21H27FN2O. The predicted octanol–water partition coefficient (Wildman–Crippen LogP) is 4.09. The van der Waals surface area contributed by atoms with E-state index in [4.69, 9.17) is 4.74 Å². The summed E-state index contributed by atoms with van der Waals surface area (Å²) in [6.07, 6.45) is 2.28. The fraction of sp³-hybridized carbons (Fsp3) is 0.429. The second-order valence-electron chi connectivity index (χ2n) is 6.84. The number of rotatable bonds is 6. The third-order valence-corrected chi connectivity index (χ3v) is 4.82. The zero-order valence-electron chi connectivity index (χ0n) is 15.0. The summed E-state index contributed by atoms with van der Waals surface area (Å²) in [6, 6.07) is 16.1. The van der Waals surface area contributed by atoms with Crippen molar-refractivity contribution in [1.82, 2.24) is 5.32 Å². The Morgan fingerprint density at radius 1 is 1.12 bits per heavy atom. The van der Waals surface area contributed by atoms with Gasteiger partial charge in [0.1, 0.15) is 5.82 Å². The standard InChI is InChI=1S/C21H27FN2O/c1-16(15-25-2)23-20-10-12-24(13-11-20)21-8-6-17(7-9-21)18-4-3-5-19(22)14-18/h3-9,14,16,20,23H,10-13,15H2,1-2H3/t16-/m0/s1. The lowest BCUT2D eigenvalue weighted by molar-refractivity contribution is 0.163. The summed E-state index contributed by atoms with van der Waals surface area (Å²) in [6.45, 7) is 5.02. The molecule has 2 aromatic rings. The summed E-state index contributed by atoms with van der Waals surface area (Å²) in [5.74, 6) is -0.196. The van der Waals surface area contributed by atoms with E-state index in [1.54, 1.807) is 19.2 Å². The molecule has 1 atom stereocenters. The Morgan fingerprint density at radius 2 is 1.84 bits per heavy atom. The van der Waals surface area contributed by atoms with E-state index >= 15 is 0 Å². The fourth-order valence-electron chi connectivity index (χ4n) is 3.54. The number of benzene rings is 2. The van der Waals surface area contributed by atoms with Gasteiger partial charge in [0.25, 0.3) is 0 Å². The average Bonchev–Trinajstić information content (AvgIpc) is 2.63. The summed E-state index contributed by atoms with van der Waals surface area (Å²) in [7, 11) is 1.74. The van der Waals surface area contributed by atoms with Crippen LogP contribution in [0.5, 0.6) is 0 Å². The topological polar surface area (TPSA) is 24.5 Å². The van der Waals surface area contributed by atoms with Crippen molar-refractivity contribution in [2.75, 3.05) is 31.7 Å². The molecule has 3 nitrogen and oxygen atoms in total. The van der Waals surface area contributed by atoms with Gasteiger partial charge in [0.2, 0.25) is 0 Å². The summed E-state index contributed by atoms with van der Waals surface area (Å²) in [5, 5.41) is 3.64. The van der Waals surface area contributed by atoms with Crippen LogP contribution in [0, 0.1) is 5.82 Å². The minimum absolute atomic E-state index is 0.196. The molecule has 0 radical (unpaired) electrons. The van der Waals surface area contributed by atoms with Gasteiger partial charge in [0.15, 0.2) is 0 Å². The summed E-state index contributed by atoms with van der Waals surface area (Å²) in [5.41, 5.74) is 3.21. The second-order valence-corrected chi connectivity index (χ2v) is 6.84. The first-order valence-electron chi connectivity index (χ1n) is 9.01. The summed E-state index contributed by atoms with van der Waals surface area (Å²) in [4.78, 5) is 2.43. The zero-order chi connectivity index (χ0) is 17.6. The molecule has 0 saturated carbocycles. The monoisotopic (exact) mass is 342 g/mol. The summed E-state index contributed by atoms with van der Waals surface area (Å²) >= 11 is 0. The van der Waals surface area contributed by atoms with E-state index < -0.39 is 0 Å². The molecule has 1 aliphatic rings. The molecule has 0 amide bonds. The predicted molar refractivity (Wildman–Crippen MR) is 102 cm³/mol. The van der Waals surface area contributed by atoms with Gasteiger partial charge in [-0.2, -0.15) is 0 Å². The Labute approximate surface area is 149 Å². The molecule has 0 aliphatic carbocycles. The van der Waals surface area contributed by atoms with Crippen LogP contribution in [-0.2, 0) is 4.74 Å². The van der Waals surface area contributed by atoms with Crippen molar-refractivity contribution in [2.24, 2.45) is 0 Å². The highest BCUT2D eigenvalue weighted by Gasteiger charge is 2.20. The van der Waals surface area contributed by atoms with E-state index in [0.29, 0.717) is 12.1 Å². The quantitative estimate of drug-likeness (QED) is 0.856. The highest BCUT2D eigenvalue weighted by molar-refractivity contribution is 5.66. The largest absolute Gasteiger partial charge is 0.383 e. The van der Waals surface area contributed by atoms with Crippen molar-refractivity contribution in [3.63, 3.8) is 0 Å². The highest BCUT2D eigenvalue weighted by Crippen LogP contribution is 2.25. The van der Waals surface area contributed by atoms with Crippen LogP contribution < -0.4 is 10.2 Å². The first-order chi connectivity index (χ1) is 12.2. The maximum atomic E-state index is 13.4. The SMILES string of the molecule is COC[C@H](C)NC1CCN(c2ccc(-c3cccc(F)c3)cc2)CC1. The molecule has 0 bridgehead atoms. The molecule has 25 heavy (non-hydrogen) atoms. The zero-order valence-corrected chi connectivity index (χ0v) is 15.0. The van der Waals surface area contributed by atoms with Gasteiger partial charge < -0.3 is 15.0 Å². The van der Waals surface area contributed by atoms with E-state index in [2.05, 4.69) is 41.4 Å². The van der Waals surface area contributed by atoms with Gasteiger partial charge in [0.05, 0.1) is 6.61 Å². The molecule has 1 N–H and O–H groups in total. The lowest BCUT2D eigenvalue weighted by Gasteiger charge is -2.35. The van der Waals surface area contributed by atoms with Crippen LogP contribution >= 0.6 is 0 Å². The van der Waals surface area contributed by atoms with Gasteiger partial charge in [-0.05, 0) is 55.2 Å². The number of methoxy groups -OCH3 is 1. The molecule has 0 aromatic heterocycles. The highest BCUT2D eigenvalue weighted by atomic mass is 19.1. The van der Waals surface area contributed by atoms with E-state index in [1.807, 2.05) is 6.07 Å². The van der Waals surface area contributed by atoms with Crippen LogP contribution in [-0.4, -0.2) is 38.9 Å². The maximum Gasteiger partial charge on any atom is 0.123 e. The maximum absolute atomic E-state index is 13.4. The lowest BCUT2D eigenvalue weighted by atomic mass is 10.0. The van der Waals surface area contributed by atoms with Crippen molar-refractivity contribution in [1.29, 1.82) is 0 Å². The summed E-state index contributed by atoms with van der Waals surface area (Å²) < 4.78 is 18.6. The Bertz CT molecular complexity index is 666. The van der Waals surface area contributed by atoms with Crippen LogP contribution in [0.1, 0.15) is 19.8 Å². The lowest BCUT2D eigenvalue weighted by Crippen LogP contribution is -2.46. The Balaban J connectivity index is 1.57. The van der Waals surface area contributed by atoms with Gasteiger partial charge in [-0.1, -0.05) is 24.3 Å². The van der Waals surface area contributed by atoms with Crippen LogP contribution in [0.15, 0.2) is 48.5 Å². The molecule has 4 heteroatoms. The van der Waals surface area contributed by atoms with Crippen molar-refractivity contribution in [3.8, 4) is 11.1 Å². The van der Waals surface area contributed by atoms with Crippen molar-refractivity contribution in [2.45, 2.75) is 31.8 Å². The van der Waals surface area contributed by atoms with E-state index in [1.165, 1.54) is 11.8 Å². The molecule has 3 rings (SSSR count). The molecule has 0 unspecified atom stereocenters. The van der Waals surface area contributed by atoms with Crippen molar-refractivity contribution in [3.05, 3.63) is 54.3 Å². The molecule has 0 spiro atoms. The van der Waals surface area contributed by atoms with Crippen LogP contribution in [0.25, 0.3) is 11.1 Å². The Morgan fingerprint density at radius 3 is 2.48 bits per heavy atom. The third kappa shape index (κ3) is 4.80. The van der Waals surface area contributed by atoms with Crippen LogP contribution in [0.3, 0.4) is 0 Å². The Kier molecular flexibility index (Phi) is 6.05. The van der Waals surface area contributed by atoms with Gasteiger partial charge >= 0.3 is 0 Å². The first kappa shape index (κ1) is 17.9. The molecule has 1 fully saturated rings. The van der Waals surface area contributed by atoms with Gasteiger partial charge in [-0.15, -0.1) is 0 Å². The second kappa shape index (κ2) is 8.45. The number of nitrogens with zero attached hydrogens (tertiary/aromatic N) is 1. The van der Waals surface area contributed by atoms with Gasteiger partial charge in [-0.3, -0.25) is 0 Å². The van der Waals surface area contributed by atoms with Crippen molar-refractivity contribution < 1.29 is 9.13 Å². The van der Waals surface area contributed by atoms with Gasteiger partial charge in [-0.25, -0.2) is 4.39 Å². The molecule has 1 aliphatic heterocycles. The van der Waals surface area contributed by atoms with E-state index in [0.717, 1.165) is 43.7 Å². The molecule has 2 aromatic carbocycles. The van der Waals surface area contributed by atoms with Crippen LogP contribution in [0.2, 0.25) is 0 Å². The fourth-order valence-corrected chi connectivity index (χ4v) is 3.54. The minimum Gasteiger partial charge on any atom is -0.383 e. The smallest absolute Gasteiger partial charge is 0.123 e. The van der Waals surface area contributed by atoms with Gasteiger partial charge in [0, 0.05) is 38.0 Å². The Hall–Kier alpha value is -1.91. The average molecular weight is 342 g/mol. The molecule has 1 heterocycles. The third-order valence-electron chi connectivity index (χ3n) is 4.82. The first-order valence-corrected chi connectivity index (χ1v) is 9.01. The molecule has 134 valence electrons. The molecule has 1 saturated heterocycles.